The topological polar surface area (TPSA) is 151 Å². The summed E-state index contributed by atoms with van der Waals surface area (Å²) in [7, 11) is 0. The van der Waals surface area contributed by atoms with Crippen LogP contribution in [0.1, 0.15) is 108 Å². The molecule has 4 bridgehead atoms. The van der Waals surface area contributed by atoms with E-state index in [9.17, 15) is 18.4 Å². The predicted molar refractivity (Wildman–Crippen MR) is 204 cm³/mol. The molecule has 4 aliphatic heterocycles. The molecule has 56 heavy (non-hydrogen) atoms. The molecule has 10 heterocycles. The number of aromatic nitrogens is 8. The summed E-state index contributed by atoms with van der Waals surface area (Å²) in [5.41, 5.74) is 5.63. The van der Waals surface area contributed by atoms with Gasteiger partial charge in [-0.05, 0) is 74.9 Å². The molecule has 1 unspecified atom stereocenters. The number of nitrogens with one attached hydrogen (secondary N) is 2. The van der Waals surface area contributed by atoms with Crippen molar-refractivity contribution in [2.24, 2.45) is 0 Å². The van der Waals surface area contributed by atoms with Crippen LogP contribution in [0.5, 0.6) is 0 Å². The van der Waals surface area contributed by atoms with Crippen molar-refractivity contribution in [3.8, 4) is 0 Å². The van der Waals surface area contributed by atoms with Gasteiger partial charge in [-0.25, -0.2) is 27.8 Å². The zero-order chi connectivity index (χ0) is 38.8. The number of pyridine rings is 2. The van der Waals surface area contributed by atoms with E-state index >= 15 is 0 Å². The van der Waals surface area contributed by atoms with Gasteiger partial charge in [-0.3, -0.25) is 19.6 Å². The van der Waals surface area contributed by atoms with Crippen LogP contribution < -0.4 is 20.4 Å². The molecule has 10 rings (SSSR count). The van der Waals surface area contributed by atoms with Gasteiger partial charge in [-0.1, -0.05) is 13.5 Å². The number of rotatable bonds is 0. The van der Waals surface area contributed by atoms with E-state index in [0.29, 0.717) is 33.7 Å². The first-order valence-electron chi connectivity index (χ1n) is 18.9. The Hall–Kier alpha value is -6.32. The molecule has 5 atom stereocenters. The summed E-state index contributed by atoms with van der Waals surface area (Å²) in [6.45, 7) is 11.6. The van der Waals surface area contributed by atoms with Crippen LogP contribution in [0.15, 0.2) is 68.0 Å². The van der Waals surface area contributed by atoms with Crippen molar-refractivity contribution in [3.63, 3.8) is 0 Å². The number of anilines is 2. The summed E-state index contributed by atoms with van der Waals surface area (Å²) < 4.78 is 31.4. The Morgan fingerprint density at radius 2 is 1.27 bits per heavy atom. The minimum absolute atomic E-state index is 0.00398. The van der Waals surface area contributed by atoms with E-state index in [1.165, 1.54) is 24.7 Å². The number of nitrogens with zero attached hydrogens (tertiary/aromatic N) is 10. The van der Waals surface area contributed by atoms with E-state index in [4.69, 9.17) is 9.97 Å². The van der Waals surface area contributed by atoms with Gasteiger partial charge in [0.1, 0.15) is 34.4 Å². The van der Waals surface area contributed by atoms with Crippen molar-refractivity contribution in [3.05, 3.63) is 113 Å². The third kappa shape index (κ3) is 5.99. The van der Waals surface area contributed by atoms with Crippen LogP contribution >= 0.6 is 0 Å². The van der Waals surface area contributed by atoms with Crippen LogP contribution in [0, 0.1) is 11.6 Å². The molecule has 0 radical (unpaired) electrons. The Bertz CT molecular complexity index is 2550. The largest absolute Gasteiger partial charge is 0.349 e. The molecule has 16 heteroatoms. The third-order valence-corrected chi connectivity index (χ3v) is 11.5. The van der Waals surface area contributed by atoms with Gasteiger partial charge in [0.2, 0.25) is 0 Å². The van der Waals surface area contributed by atoms with Crippen LogP contribution in [0.25, 0.3) is 16.9 Å². The Labute approximate surface area is 320 Å². The van der Waals surface area contributed by atoms with Crippen LogP contribution in [0.4, 0.5) is 20.4 Å². The van der Waals surface area contributed by atoms with E-state index < -0.39 is 0 Å². The van der Waals surface area contributed by atoms with Gasteiger partial charge in [0.15, 0.2) is 11.3 Å². The highest BCUT2D eigenvalue weighted by molar-refractivity contribution is 6.01. The van der Waals surface area contributed by atoms with E-state index in [1.807, 2.05) is 39.1 Å². The second-order valence-electron chi connectivity index (χ2n) is 14.9. The average Bonchev–Trinajstić information content (AvgIpc) is 4.02. The molecule has 14 nitrogen and oxygen atoms in total. The first-order chi connectivity index (χ1) is 27.0. The lowest BCUT2D eigenvalue weighted by Crippen LogP contribution is -2.37. The molecule has 6 aromatic heterocycles. The standard InChI is InChI=1S/C20H21FN6O.C20H19FN6O/c2*1-11-12(2)24-20(28)15-10-23-27-7-5-17(25-19(15)27)26-6-3-4-16(26)14-8-13(21)9-22-18(11)14/h5,7-12,16H,3-4,6H2,1-2H3,(H,24,28);5,7-10,12,16H,1,3-4,6H2,2H3,(H,24,28)/t11?,12-,16-;12-,16+/m11/s1. The Morgan fingerprint density at radius 1 is 0.732 bits per heavy atom. The average molecular weight is 759 g/mol. The van der Waals surface area contributed by atoms with Gasteiger partial charge in [0, 0.05) is 43.0 Å². The quantitative estimate of drug-likeness (QED) is 0.201. The molecular weight excluding hydrogens is 719 g/mol. The summed E-state index contributed by atoms with van der Waals surface area (Å²) in [6, 6.07) is 6.26. The Balaban J connectivity index is 0.000000146. The molecule has 2 fully saturated rings. The summed E-state index contributed by atoms with van der Waals surface area (Å²) in [5.74, 6) is 0.197. The zero-order valence-corrected chi connectivity index (χ0v) is 31.2. The SMILES string of the molecule is C=C1c2ncc(F)cc2[C@@H]2CCCN2c2ccn3ncc(c3n2)C(=O)N[C@@H]1C.CC1c2ncc(F)cc2[C@H]2CCCN2c2ccn3ncc(c3n2)C(=O)N[C@@H]1C. The molecule has 2 N–H and O–H groups in total. The number of hydrogen-bond donors (Lipinski definition) is 2. The highest BCUT2D eigenvalue weighted by Crippen LogP contribution is 2.41. The highest BCUT2D eigenvalue weighted by Gasteiger charge is 2.35. The van der Waals surface area contributed by atoms with E-state index in [0.717, 1.165) is 67.2 Å². The number of halogens is 2. The lowest BCUT2D eigenvalue weighted by atomic mass is 9.91. The van der Waals surface area contributed by atoms with Crippen molar-refractivity contribution in [1.29, 1.82) is 0 Å². The smallest absolute Gasteiger partial charge is 0.257 e. The number of amides is 2. The Kier molecular flexibility index (Phi) is 8.70. The minimum atomic E-state index is -0.385. The van der Waals surface area contributed by atoms with Gasteiger partial charge in [-0.2, -0.15) is 10.2 Å². The van der Waals surface area contributed by atoms with Crippen molar-refractivity contribution in [2.75, 3.05) is 22.9 Å². The molecule has 0 spiro atoms. The first-order valence-corrected chi connectivity index (χ1v) is 18.9. The van der Waals surface area contributed by atoms with E-state index in [-0.39, 0.29) is 53.5 Å². The Morgan fingerprint density at radius 3 is 1.88 bits per heavy atom. The van der Waals surface area contributed by atoms with Crippen molar-refractivity contribution < 1.29 is 18.4 Å². The van der Waals surface area contributed by atoms with Gasteiger partial charge in [0.25, 0.3) is 11.8 Å². The maximum atomic E-state index is 14.1. The second-order valence-corrected chi connectivity index (χ2v) is 14.9. The molecule has 6 aromatic rings. The third-order valence-electron chi connectivity index (χ3n) is 11.5. The van der Waals surface area contributed by atoms with Crippen molar-refractivity contribution in [1.82, 2.24) is 49.8 Å². The summed E-state index contributed by atoms with van der Waals surface area (Å²) >= 11 is 0. The molecule has 4 aliphatic rings. The molecular formula is C40H40F2N12O2. The second kappa shape index (κ2) is 13.8. The molecule has 0 saturated carbocycles. The number of carbonyl (C=O) groups is 2. The fourth-order valence-corrected chi connectivity index (χ4v) is 8.39. The first kappa shape index (κ1) is 35.4. The summed E-state index contributed by atoms with van der Waals surface area (Å²) in [5, 5.41) is 14.5. The van der Waals surface area contributed by atoms with Crippen LogP contribution in [-0.2, 0) is 0 Å². The number of carbonyl (C=O) groups excluding carboxylic acids is 2. The maximum Gasteiger partial charge on any atom is 0.257 e. The normalized spacial score (nSPS) is 23.2. The predicted octanol–water partition coefficient (Wildman–Crippen LogP) is 5.59. The van der Waals surface area contributed by atoms with Crippen molar-refractivity contribution >= 4 is 40.3 Å². The van der Waals surface area contributed by atoms with Gasteiger partial charge >= 0.3 is 0 Å². The zero-order valence-electron chi connectivity index (χ0n) is 31.2. The van der Waals surface area contributed by atoms with Gasteiger partial charge in [0.05, 0.1) is 54.3 Å². The monoisotopic (exact) mass is 758 g/mol. The van der Waals surface area contributed by atoms with Crippen LogP contribution in [0.2, 0.25) is 0 Å². The van der Waals surface area contributed by atoms with E-state index in [2.05, 4.69) is 47.2 Å². The maximum absolute atomic E-state index is 14.1. The van der Waals surface area contributed by atoms with Gasteiger partial charge in [-0.15, -0.1) is 0 Å². The lowest BCUT2D eigenvalue weighted by Gasteiger charge is -2.30. The summed E-state index contributed by atoms with van der Waals surface area (Å²) in [4.78, 5) is 48.2. The molecule has 286 valence electrons. The van der Waals surface area contributed by atoms with Crippen LogP contribution in [0.3, 0.4) is 0 Å². The molecule has 2 saturated heterocycles. The highest BCUT2D eigenvalue weighted by atomic mass is 19.1. The van der Waals surface area contributed by atoms with Crippen LogP contribution in [-0.4, -0.2) is 76.2 Å². The van der Waals surface area contributed by atoms with Crippen molar-refractivity contribution in [2.45, 2.75) is 76.5 Å². The molecule has 0 aliphatic carbocycles. The number of hydrogen-bond acceptors (Lipinski definition) is 10. The molecule has 0 aromatic carbocycles. The fraction of sp³-hybridized carbons (Fsp3) is 0.350. The summed E-state index contributed by atoms with van der Waals surface area (Å²) in [6.07, 6.45) is 12.8. The number of fused-ring (bicyclic) bond motifs is 10. The lowest BCUT2D eigenvalue weighted by molar-refractivity contribution is 0.0932. The fourth-order valence-electron chi connectivity index (χ4n) is 8.39. The van der Waals surface area contributed by atoms with E-state index in [1.54, 1.807) is 27.5 Å². The minimum Gasteiger partial charge on any atom is -0.349 e. The van der Waals surface area contributed by atoms with Gasteiger partial charge < -0.3 is 20.4 Å². The molecule has 2 amide bonds.